The highest BCUT2D eigenvalue weighted by molar-refractivity contribution is 5.46. The maximum absolute atomic E-state index is 5.87. The Kier molecular flexibility index (Phi) is 2.69. The van der Waals surface area contributed by atoms with Gasteiger partial charge in [0.1, 0.15) is 0 Å². The molecule has 1 aliphatic rings. The van der Waals surface area contributed by atoms with Gasteiger partial charge in [-0.05, 0) is 6.92 Å². The van der Waals surface area contributed by atoms with Gasteiger partial charge in [-0.2, -0.15) is 5.10 Å². The molecule has 14 heavy (non-hydrogen) atoms. The van der Waals surface area contributed by atoms with Crippen molar-refractivity contribution < 1.29 is 4.74 Å². The highest BCUT2D eigenvalue weighted by atomic mass is 16.5. The van der Waals surface area contributed by atoms with Gasteiger partial charge < -0.3 is 10.5 Å². The van der Waals surface area contributed by atoms with Gasteiger partial charge in [0.25, 0.3) is 0 Å². The normalized spacial score (nSPS) is 18.6. The standard InChI is InChI=1S/C9H16N4O/c1-7-9(10)8(12-11-7)6-13-2-4-14-5-3-13/h2-6,10H2,1H3,(H,11,12). The minimum atomic E-state index is 0.788. The van der Waals surface area contributed by atoms with Gasteiger partial charge in [0.15, 0.2) is 0 Å². The molecule has 2 rings (SSSR count). The second-order valence-corrected chi connectivity index (χ2v) is 3.60. The Morgan fingerprint density at radius 2 is 2.21 bits per heavy atom. The minimum Gasteiger partial charge on any atom is -0.396 e. The average molecular weight is 196 g/mol. The van der Waals surface area contributed by atoms with Crippen LogP contribution in [0.1, 0.15) is 11.4 Å². The summed E-state index contributed by atoms with van der Waals surface area (Å²) in [4.78, 5) is 2.30. The fourth-order valence-electron chi connectivity index (χ4n) is 1.58. The number of rotatable bonds is 2. The lowest BCUT2D eigenvalue weighted by atomic mass is 10.3. The molecule has 1 fully saturated rings. The number of nitrogens with zero attached hydrogens (tertiary/aromatic N) is 2. The van der Waals surface area contributed by atoms with Gasteiger partial charge in [0.2, 0.25) is 0 Å². The topological polar surface area (TPSA) is 67.2 Å². The summed E-state index contributed by atoms with van der Waals surface area (Å²) >= 11 is 0. The number of aromatic nitrogens is 2. The SMILES string of the molecule is Cc1[nH]nc(CN2CCOCC2)c1N. The van der Waals surface area contributed by atoms with E-state index >= 15 is 0 Å². The van der Waals surface area contributed by atoms with Crippen molar-refractivity contribution in [2.24, 2.45) is 0 Å². The Balaban J connectivity index is 1.99. The van der Waals surface area contributed by atoms with E-state index < -0.39 is 0 Å². The van der Waals surface area contributed by atoms with E-state index in [0.717, 1.165) is 49.9 Å². The van der Waals surface area contributed by atoms with Crippen LogP contribution in [0.15, 0.2) is 0 Å². The van der Waals surface area contributed by atoms with Crippen molar-refractivity contribution in [2.75, 3.05) is 32.0 Å². The molecule has 0 atom stereocenters. The first-order chi connectivity index (χ1) is 6.77. The third kappa shape index (κ3) is 1.88. The number of hydrogen-bond donors (Lipinski definition) is 2. The van der Waals surface area contributed by atoms with Crippen LogP contribution in [-0.2, 0) is 11.3 Å². The molecular weight excluding hydrogens is 180 g/mol. The summed E-state index contributed by atoms with van der Waals surface area (Å²) in [6.45, 7) is 6.30. The molecule has 0 amide bonds. The number of anilines is 1. The molecule has 1 aromatic heterocycles. The van der Waals surface area contributed by atoms with Crippen LogP contribution in [0, 0.1) is 6.92 Å². The smallest absolute Gasteiger partial charge is 0.0994 e. The number of nitrogens with two attached hydrogens (primary N) is 1. The van der Waals surface area contributed by atoms with Crippen LogP contribution >= 0.6 is 0 Å². The second kappa shape index (κ2) is 3.98. The third-order valence-electron chi connectivity index (χ3n) is 2.55. The molecule has 0 spiro atoms. The number of aryl methyl sites for hydroxylation is 1. The Labute approximate surface area is 83.2 Å². The molecule has 5 heteroatoms. The summed E-state index contributed by atoms with van der Waals surface area (Å²) < 4.78 is 5.27. The summed E-state index contributed by atoms with van der Waals surface area (Å²) in [5.74, 6) is 0. The quantitative estimate of drug-likeness (QED) is 0.705. The summed E-state index contributed by atoms with van der Waals surface area (Å²) in [5, 5.41) is 7.07. The lowest BCUT2D eigenvalue weighted by Crippen LogP contribution is -2.35. The molecule has 0 radical (unpaired) electrons. The van der Waals surface area contributed by atoms with Crippen LogP contribution < -0.4 is 5.73 Å². The number of nitrogens with one attached hydrogen (secondary N) is 1. The molecular formula is C9H16N4O. The van der Waals surface area contributed by atoms with Gasteiger partial charge in [-0.3, -0.25) is 10.00 Å². The van der Waals surface area contributed by atoms with Crippen molar-refractivity contribution >= 4 is 5.69 Å². The first kappa shape index (κ1) is 9.48. The average Bonchev–Trinajstić information content (AvgIpc) is 2.52. The highest BCUT2D eigenvalue weighted by Crippen LogP contribution is 2.15. The molecule has 5 nitrogen and oxygen atoms in total. The number of H-pyrrole nitrogens is 1. The van der Waals surface area contributed by atoms with Gasteiger partial charge in [0, 0.05) is 19.6 Å². The van der Waals surface area contributed by atoms with E-state index in [2.05, 4.69) is 15.1 Å². The molecule has 0 bridgehead atoms. The van der Waals surface area contributed by atoms with Gasteiger partial charge in [-0.25, -0.2) is 0 Å². The summed E-state index contributed by atoms with van der Waals surface area (Å²) in [6, 6.07) is 0. The summed E-state index contributed by atoms with van der Waals surface area (Å²) in [5.41, 5.74) is 8.56. The molecule has 1 aliphatic heterocycles. The molecule has 3 N–H and O–H groups in total. The maximum atomic E-state index is 5.87. The first-order valence-electron chi connectivity index (χ1n) is 4.87. The van der Waals surface area contributed by atoms with E-state index in [1.54, 1.807) is 0 Å². The van der Waals surface area contributed by atoms with Crippen LogP contribution in [0.5, 0.6) is 0 Å². The fourth-order valence-corrected chi connectivity index (χ4v) is 1.58. The van der Waals surface area contributed by atoms with Crippen molar-refractivity contribution in [1.82, 2.24) is 15.1 Å². The Hall–Kier alpha value is -1.07. The Bertz CT molecular complexity index is 304. The van der Waals surface area contributed by atoms with E-state index in [-0.39, 0.29) is 0 Å². The third-order valence-corrected chi connectivity index (χ3v) is 2.55. The zero-order chi connectivity index (χ0) is 9.97. The van der Waals surface area contributed by atoms with Crippen LogP contribution in [0.3, 0.4) is 0 Å². The maximum Gasteiger partial charge on any atom is 0.0994 e. The number of hydrogen-bond acceptors (Lipinski definition) is 4. The zero-order valence-electron chi connectivity index (χ0n) is 8.42. The molecule has 0 aliphatic carbocycles. The van der Waals surface area contributed by atoms with E-state index in [4.69, 9.17) is 10.5 Å². The molecule has 0 aromatic carbocycles. The van der Waals surface area contributed by atoms with Crippen LogP contribution in [0.4, 0.5) is 5.69 Å². The lowest BCUT2D eigenvalue weighted by Gasteiger charge is -2.25. The van der Waals surface area contributed by atoms with E-state index in [1.165, 1.54) is 0 Å². The van der Waals surface area contributed by atoms with Gasteiger partial charge >= 0.3 is 0 Å². The van der Waals surface area contributed by atoms with Crippen LogP contribution in [0.25, 0.3) is 0 Å². The van der Waals surface area contributed by atoms with E-state index in [9.17, 15) is 0 Å². The Morgan fingerprint density at radius 1 is 1.50 bits per heavy atom. The van der Waals surface area contributed by atoms with Crippen molar-refractivity contribution in [3.8, 4) is 0 Å². The first-order valence-corrected chi connectivity index (χ1v) is 4.87. The molecule has 0 saturated carbocycles. The largest absolute Gasteiger partial charge is 0.396 e. The van der Waals surface area contributed by atoms with Gasteiger partial charge in [0.05, 0.1) is 30.3 Å². The predicted molar refractivity (Wildman–Crippen MR) is 53.8 cm³/mol. The molecule has 1 saturated heterocycles. The lowest BCUT2D eigenvalue weighted by molar-refractivity contribution is 0.0337. The van der Waals surface area contributed by atoms with E-state index in [1.807, 2.05) is 6.92 Å². The monoisotopic (exact) mass is 196 g/mol. The molecule has 2 heterocycles. The van der Waals surface area contributed by atoms with Crippen LogP contribution in [-0.4, -0.2) is 41.4 Å². The minimum absolute atomic E-state index is 0.788. The van der Waals surface area contributed by atoms with Crippen LogP contribution in [0.2, 0.25) is 0 Å². The molecule has 1 aromatic rings. The fraction of sp³-hybridized carbons (Fsp3) is 0.667. The second-order valence-electron chi connectivity index (χ2n) is 3.60. The van der Waals surface area contributed by atoms with E-state index in [0.29, 0.717) is 0 Å². The summed E-state index contributed by atoms with van der Waals surface area (Å²) in [7, 11) is 0. The zero-order valence-corrected chi connectivity index (χ0v) is 8.42. The highest BCUT2D eigenvalue weighted by Gasteiger charge is 2.14. The van der Waals surface area contributed by atoms with Crippen molar-refractivity contribution in [1.29, 1.82) is 0 Å². The predicted octanol–water partition coefficient (Wildman–Crippen LogP) is 0.133. The Morgan fingerprint density at radius 3 is 2.79 bits per heavy atom. The van der Waals surface area contributed by atoms with Crippen molar-refractivity contribution in [3.63, 3.8) is 0 Å². The molecule has 0 unspecified atom stereocenters. The number of nitrogen functional groups attached to an aromatic ring is 1. The van der Waals surface area contributed by atoms with Gasteiger partial charge in [-0.15, -0.1) is 0 Å². The van der Waals surface area contributed by atoms with Crippen molar-refractivity contribution in [2.45, 2.75) is 13.5 Å². The number of morpholine rings is 1. The van der Waals surface area contributed by atoms with Crippen molar-refractivity contribution in [3.05, 3.63) is 11.4 Å². The number of aromatic amines is 1. The summed E-state index contributed by atoms with van der Waals surface area (Å²) in [6.07, 6.45) is 0. The number of ether oxygens (including phenoxy) is 1. The molecule has 78 valence electrons. The van der Waals surface area contributed by atoms with Gasteiger partial charge in [-0.1, -0.05) is 0 Å².